The fourth-order valence-electron chi connectivity index (χ4n) is 1.39. The van der Waals surface area contributed by atoms with Gasteiger partial charge in [0.2, 0.25) is 5.89 Å². The SMILES string of the molecule is CC(CN)c1coc(-c2cccc(Br)c2)n1. The van der Waals surface area contributed by atoms with E-state index in [1.165, 1.54) is 0 Å². The largest absolute Gasteiger partial charge is 0.444 e. The molecule has 0 fully saturated rings. The first-order valence-corrected chi connectivity index (χ1v) is 5.91. The zero-order valence-electron chi connectivity index (χ0n) is 8.98. The van der Waals surface area contributed by atoms with Gasteiger partial charge >= 0.3 is 0 Å². The summed E-state index contributed by atoms with van der Waals surface area (Å²) in [4.78, 5) is 4.42. The van der Waals surface area contributed by atoms with Gasteiger partial charge in [0, 0.05) is 22.5 Å². The van der Waals surface area contributed by atoms with Gasteiger partial charge in [-0.05, 0) is 18.2 Å². The van der Waals surface area contributed by atoms with E-state index < -0.39 is 0 Å². The predicted molar refractivity (Wildman–Crippen MR) is 67.1 cm³/mol. The third kappa shape index (κ3) is 2.33. The van der Waals surface area contributed by atoms with Crippen LogP contribution < -0.4 is 5.73 Å². The molecular formula is C12H13BrN2O. The van der Waals surface area contributed by atoms with Crippen molar-refractivity contribution in [3.8, 4) is 11.5 Å². The first-order valence-electron chi connectivity index (χ1n) is 5.12. The van der Waals surface area contributed by atoms with Crippen LogP contribution in [0.1, 0.15) is 18.5 Å². The monoisotopic (exact) mass is 280 g/mol. The summed E-state index contributed by atoms with van der Waals surface area (Å²) >= 11 is 3.42. The van der Waals surface area contributed by atoms with Crippen molar-refractivity contribution in [2.45, 2.75) is 12.8 Å². The minimum absolute atomic E-state index is 0.227. The average Bonchev–Trinajstić information content (AvgIpc) is 2.77. The summed E-state index contributed by atoms with van der Waals surface area (Å²) in [5.41, 5.74) is 7.45. The molecule has 0 saturated carbocycles. The van der Waals surface area contributed by atoms with Crippen molar-refractivity contribution in [3.05, 3.63) is 40.7 Å². The van der Waals surface area contributed by atoms with Crippen LogP contribution in [0, 0.1) is 0 Å². The summed E-state index contributed by atoms with van der Waals surface area (Å²) in [6.45, 7) is 2.60. The van der Waals surface area contributed by atoms with Crippen molar-refractivity contribution in [1.82, 2.24) is 4.98 Å². The van der Waals surface area contributed by atoms with Crippen molar-refractivity contribution in [3.63, 3.8) is 0 Å². The van der Waals surface area contributed by atoms with E-state index in [-0.39, 0.29) is 5.92 Å². The highest BCUT2D eigenvalue weighted by molar-refractivity contribution is 9.10. The number of halogens is 1. The normalized spacial score (nSPS) is 12.7. The maximum Gasteiger partial charge on any atom is 0.226 e. The topological polar surface area (TPSA) is 52.0 Å². The highest BCUT2D eigenvalue weighted by atomic mass is 79.9. The van der Waals surface area contributed by atoms with Gasteiger partial charge in [0.25, 0.3) is 0 Å². The number of hydrogen-bond acceptors (Lipinski definition) is 3. The Morgan fingerprint density at radius 1 is 1.50 bits per heavy atom. The molecule has 0 aliphatic rings. The first-order chi connectivity index (χ1) is 7.70. The van der Waals surface area contributed by atoms with Crippen molar-refractivity contribution >= 4 is 15.9 Å². The Balaban J connectivity index is 2.31. The Labute approximate surface area is 103 Å². The average molecular weight is 281 g/mol. The molecule has 2 rings (SSSR count). The summed E-state index contributed by atoms with van der Waals surface area (Å²) in [6, 6.07) is 7.86. The van der Waals surface area contributed by atoms with Crippen LogP contribution in [0.15, 0.2) is 39.4 Å². The zero-order valence-corrected chi connectivity index (χ0v) is 10.6. The van der Waals surface area contributed by atoms with E-state index >= 15 is 0 Å². The molecule has 1 unspecified atom stereocenters. The van der Waals surface area contributed by atoms with Crippen molar-refractivity contribution < 1.29 is 4.42 Å². The minimum atomic E-state index is 0.227. The number of aromatic nitrogens is 1. The fraction of sp³-hybridized carbons (Fsp3) is 0.250. The second-order valence-electron chi connectivity index (χ2n) is 3.72. The fourth-order valence-corrected chi connectivity index (χ4v) is 1.79. The molecule has 3 nitrogen and oxygen atoms in total. The van der Waals surface area contributed by atoms with Crippen LogP contribution >= 0.6 is 15.9 Å². The third-order valence-corrected chi connectivity index (χ3v) is 2.95. The second kappa shape index (κ2) is 4.80. The molecule has 4 heteroatoms. The summed E-state index contributed by atoms with van der Waals surface area (Å²) < 4.78 is 6.45. The standard InChI is InChI=1S/C12H13BrN2O/c1-8(6-14)11-7-16-12(15-11)9-3-2-4-10(13)5-9/h2-5,7-8H,6,14H2,1H3. The molecular weight excluding hydrogens is 268 g/mol. The first kappa shape index (κ1) is 11.4. The van der Waals surface area contributed by atoms with E-state index in [1.807, 2.05) is 31.2 Å². The lowest BCUT2D eigenvalue weighted by Crippen LogP contribution is -2.08. The molecule has 0 radical (unpaired) electrons. The van der Waals surface area contributed by atoms with Gasteiger partial charge in [-0.2, -0.15) is 0 Å². The number of oxazole rings is 1. The van der Waals surface area contributed by atoms with Gasteiger partial charge in [-0.3, -0.25) is 0 Å². The summed E-state index contributed by atoms with van der Waals surface area (Å²) in [6.07, 6.45) is 1.67. The minimum Gasteiger partial charge on any atom is -0.444 e. The summed E-state index contributed by atoms with van der Waals surface area (Å²) in [7, 11) is 0. The highest BCUT2D eigenvalue weighted by Gasteiger charge is 2.11. The van der Waals surface area contributed by atoms with Gasteiger partial charge < -0.3 is 10.2 Å². The van der Waals surface area contributed by atoms with Crippen molar-refractivity contribution in [2.75, 3.05) is 6.54 Å². The quantitative estimate of drug-likeness (QED) is 0.940. The van der Waals surface area contributed by atoms with Gasteiger partial charge in [-0.15, -0.1) is 0 Å². The molecule has 1 heterocycles. The maximum atomic E-state index is 5.59. The van der Waals surface area contributed by atoms with Crippen LogP contribution in [-0.2, 0) is 0 Å². The van der Waals surface area contributed by atoms with Gasteiger partial charge in [0.05, 0.1) is 5.69 Å². The van der Waals surface area contributed by atoms with E-state index in [0.29, 0.717) is 12.4 Å². The summed E-state index contributed by atoms with van der Waals surface area (Å²) in [5.74, 6) is 0.862. The van der Waals surface area contributed by atoms with Crippen LogP contribution in [0.2, 0.25) is 0 Å². The molecule has 2 aromatic rings. The number of nitrogens with zero attached hydrogens (tertiary/aromatic N) is 1. The number of benzene rings is 1. The molecule has 84 valence electrons. The van der Waals surface area contributed by atoms with E-state index in [0.717, 1.165) is 15.7 Å². The van der Waals surface area contributed by atoms with E-state index in [4.69, 9.17) is 10.2 Å². The van der Waals surface area contributed by atoms with Crippen LogP contribution in [0.25, 0.3) is 11.5 Å². The van der Waals surface area contributed by atoms with Gasteiger partial charge in [0.1, 0.15) is 6.26 Å². The van der Waals surface area contributed by atoms with Gasteiger partial charge in [0.15, 0.2) is 0 Å². The molecule has 0 amide bonds. The van der Waals surface area contributed by atoms with Crippen molar-refractivity contribution in [2.24, 2.45) is 5.73 Å². The van der Waals surface area contributed by atoms with Crippen LogP contribution in [0.3, 0.4) is 0 Å². The Bertz CT molecular complexity index is 481. The Kier molecular flexibility index (Phi) is 3.41. The lowest BCUT2D eigenvalue weighted by Gasteiger charge is -2.01. The Hall–Kier alpha value is -1.13. The molecule has 0 aliphatic carbocycles. The van der Waals surface area contributed by atoms with Crippen LogP contribution in [0.5, 0.6) is 0 Å². The van der Waals surface area contributed by atoms with E-state index in [2.05, 4.69) is 20.9 Å². The molecule has 2 N–H and O–H groups in total. The highest BCUT2D eigenvalue weighted by Crippen LogP contribution is 2.24. The van der Waals surface area contributed by atoms with Gasteiger partial charge in [-0.25, -0.2) is 4.98 Å². The van der Waals surface area contributed by atoms with Crippen LogP contribution in [0.4, 0.5) is 0 Å². The third-order valence-electron chi connectivity index (χ3n) is 2.45. The molecule has 1 atom stereocenters. The van der Waals surface area contributed by atoms with E-state index in [9.17, 15) is 0 Å². The number of nitrogens with two attached hydrogens (primary N) is 1. The molecule has 0 aliphatic heterocycles. The predicted octanol–water partition coefficient (Wildman–Crippen LogP) is 3.17. The lowest BCUT2D eigenvalue weighted by molar-refractivity contribution is 0.570. The molecule has 0 bridgehead atoms. The molecule has 0 spiro atoms. The van der Waals surface area contributed by atoms with Crippen molar-refractivity contribution in [1.29, 1.82) is 0 Å². The Morgan fingerprint density at radius 3 is 3.00 bits per heavy atom. The Morgan fingerprint density at radius 2 is 2.31 bits per heavy atom. The smallest absolute Gasteiger partial charge is 0.226 e. The zero-order chi connectivity index (χ0) is 11.5. The lowest BCUT2D eigenvalue weighted by atomic mass is 10.1. The number of rotatable bonds is 3. The molecule has 0 saturated heterocycles. The summed E-state index contributed by atoms with van der Waals surface area (Å²) in [5, 5.41) is 0. The molecule has 1 aromatic heterocycles. The molecule has 1 aromatic carbocycles. The number of hydrogen-bond donors (Lipinski definition) is 1. The second-order valence-corrected chi connectivity index (χ2v) is 4.64. The molecule has 16 heavy (non-hydrogen) atoms. The van der Waals surface area contributed by atoms with Gasteiger partial charge in [-0.1, -0.05) is 28.9 Å². The maximum absolute atomic E-state index is 5.59. The van der Waals surface area contributed by atoms with E-state index in [1.54, 1.807) is 6.26 Å². The van der Waals surface area contributed by atoms with Crippen LogP contribution in [-0.4, -0.2) is 11.5 Å².